The van der Waals surface area contributed by atoms with Gasteiger partial charge in [-0.15, -0.1) is 0 Å². The van der Waals surface area contributed by atoms with Crippen LogP contribution in [0.1, 0.15) is 0 Å². The number of rotatable bonds is 6. The number of nitrogens with zero attached hydrogens (tertiary/aromatic N) is 2. The highest BCUT2D eigenvalue weighted by atomic mass is 19.1. The second-order valence-electron chi connectivity index (χ2n) is 6.10. The Morgan fingerprint density at radius 1 is 1.26 bits per heavy atom. The number of likely N-dealkylation sites (N-methyl/N-ethyl adjacent to an activating group) is 1. The van der Waals surface area contributed by atoms with E-state index < -0.39 is 23.4 Å². The van der Waals surface area contributed by atoms with Gasteiger partial charge in [0.25, 0.3) is 0 Å². The van der Waals surface area contributed by atoms with E-state index in [1.807, 2.05) is 19.0 Å². The highest BCUT2D eigenvalue weighted by molar-refractivity contribution is 5.89. The molecule has 3 aromatic rings. The van der Waals surface area contributed by atoms with Gasteiger partial charge in [-0.1, -0.05) is 0 Å². The molecule has 0 atom stereocenters. The first-order valence-corrected chi connectivity index (χ1v) is 8.22. The number of ether oxygens (including phenoxy) is 1. The summed E-state index contributed by atoms with van der Waals surface area (Å²) in [6.45, 7) is 1.04. The number of hydrogen-bond donors (Lipinski definition) is 3. The number of benzene rings is 1. The van der Waals surface area contributed by atoms with Crippen LogP contribution >= 0.6 is 0 Å². The lowest BCUT2D eigenvalue weighted by Crippen LogP contribution is -2.34. The van der Waals surface area contributed by atoms with Gasteiger partial charge in [0, 0.05) is 43.3 Å². The minimum Gasteiger partial charge on any atom is -0.450 e. The predicted octanol–water partition coefficient (Wildman–Crippen LogP) is 3.32. The van der Waals surface area contributed by atoms with Crippen LogP contribution in [0.15, 0.2) is 36.7 Å². The van der Waals surface area contributed by atoms with Gasteiger partial charge in [0.15, 0.2) is 17.4 Å². The van der Waals surface area contributed by atoms with E-state index in [1.54, 1.807) is 12.3 Å². The van der Waals surface area contributed by atoms with Crippen molar-refractivity contribution < 1.29 is 18.3 Å². The van der Waals surface area contributed by atoms with E-state index in [0.717, 1.165) is 12.1 Å². The summed E-state index contributed by atoms with van der Waals surface area (Å²) in [6, 6.07) is 4.66. The Balaban J connectivity index is 1.73. The number of urea groups is 1. The van der Waals surface area contributed by atoms with Crippen molar-refractivity contribution in [3.63, 3.8) is 0 Å². The van der Waals surface area contributed by atoms with Crippen LogP contribution in [0.3, 0.4) is 0 Å². The summed E-state index contributed by atoms with van der Waals surface area (Å²) in [5, 5.41) is 5.59. The first kappa shape index (κ1) is 18.6. The Kier molecular flexibility index (Phi) is 5.51. The van der Waals surface area contributed by atoms with Gasteiger partial charge in [0.2, 0.25) is 0 Å². The van der Waals surface area contributed by atoms with Gasteiger partial charge in [0.1, 0.15) is 11.4 Å². The number of anilines is 1. The summed E-state index contributed by atoms with van der Waals surface area (Å²) in [6.07, 6.45) is 3.12. The van der Waals surface area contributed by atoms with E-state index in [9.17, 15) is 13.6 Å². The molecule has 0 radical (unpaired) electrons. The molecule has 0 saturated carbocycles. The molecule has 0 fully saturated rings. The van der Waals surface area contributed by atoms with Crippen molar-refractivity contribution in [1.29, 1.82) is 0 Å². The number of halogens is 2. The fourth-order valence-corrected chi connectivity index (χ4v) is 2.43. The maximum atomic E-state index is 14.4. The third kappa shape index (κ3) is 4.50. The van der Waals surface area contributed by atoms with Gasteiger partial charge in [-0.05, 0) is 26.2 Å². The largest absolute Gasteiger partial charge is 0.450 e. The topological polar surface area (TPSA) is 82.3 Å². The van der Waals surface area contributed by atoms with Crippen molar-refractivity contribution in [2.75, 3.05) is 32.5 Å². The third-order valence-corrected chi connectivity index (χ3v) is 3.73. The maximum Gasteiger partial charge on any atom is 0.319 e. The fourth-order valence-electron chi connectivity index (χ4n) is 2.43. The maximum absolute atomic E-state index is 14.4. The molecule has 0 saturated heterocycles. The standard InChI is InChI=1S/C18H19F2N5O2/c1-25(2)8-7-23-18(26)24-11-9-13(19)16(14(20)10-11)27-15-4-6-22-17-12(15)3-5-21-17/h3-6,9-10H,7-8H2,1-2H3,(H,21,22)(H2,23,24,26). The molecule has 0 aliphatic carbocycles. The number of H-pyrrole nitrogens is 1. The number of carbonyl (C=O) groups is 1. The highest BCUT2D eigenvalue weighted by Gasteiger charge is 2.16. The molecule has 0 spiro atoms. The lowest BCUT2D eigenvalue weighted by molar-refractivity contribution is 0.250. The second-order valence-corrected chi connectivity index (χ2v) is 6.10. The van der Waals surface area contributed by atoms with E-state index in [0.29, 0.717) is 24.1 Å². The van der Waals surface area contributed by atoms with Crippen LogP contribution in [-0.4, -0.2) is 48.1 Å². The second kappa shape index (κ2) is 8.00. The van der Waals surface area contributed by atoms with Crippen LogP contribution in [0, 0.1) is 11.6 Å². The SMILES string of the molecule is CN(C)CCNC(=O)Nc1cc(F)c(Oc2ccnc3[nH]ccc23)c(F)c1. The van der Waals surface area contributed by atoms with Gasteiger partial charge in [0.05, 0.1) is 5.39 Å². The minimum absolute atomic E-state index is 0.0128. The lowest BCUT2D eigenvalue weighted by Gasteiger charge is -2.13. The fraction of sp³-hybridized carbons (Fsp3) is 0.222. The zero-order valence-electron chi connectivity index (χ0n) is 14.8. The molecule has 1 aromatic carbocycles. The van der Waals surface area contributed by atoms with Gasteiger partial charge in [-0.2, -0.15) is 0 Å². The highest BCUT2D eigenvalue weighted by Crippen LogP contribution is 2.33. The zero-order chi connectivity index (χ0) is 19.4. The van der Waals surface area contributed by atoms with Crippen LogP contribution in [0.4, 0.5) is 19.3 Å². The third-order valence-electron chi connectivity index (χ3n) is 3.73. The van der Waals surface area contributed by atoms with Gasteiger partial charge >= 0.3 is 6.03 Å². The van der Waals surface area contributed by atoms with Crippen molar-refractivity contribution in [2.24, 2.45) is 0 Å². The number of fused-ring (bicyclic) bond motifs is 1. The van der Waals surface area contributed by atoms with E-state index >= 15 is 0 Å². The average Bonchev–Trinajstić information content (AvgIpc) is 3.07. The van der Waals surface area contributed by atoms with Crippen molar-refractivity contribution in [2.45, 2.75) is 0 Å². The van der Waals surface area contributed by atoms with Gasteiger partial charge < -0.3 is 25.3 Å². The lowest BCUT2D eigenvalue weighted by atomic mass is 10.2. The summed E-state index contributed by atoms with van der Waals surface area (Å²) in [5.41, 5.74) is 0.530. The number of carbonyl (C=O) groups excluding carboxylic acids is 1. The molecule has 2 amide bonds. The molecule has 3 rings (SSSR count). The molecule has 7 nitrogen and oxygen atoms in total. The predicted molar refractivity (Wildman–Crippen MR) is 98.1 cm³/mol. The molecule has 0 unspecified atom stereocenters. The molecular formula is C18H19F2N5O2. The molecule has 142 valence electrons. The van der Waals surface area contributed by atoms with Crippen LogP contribution in [0.25, 0.3) is 11.0 Å². The first-order chi connectivity index (χ1) is 12.9. The Labute approximate surface area is 154 Å². The minimum atomic E-state index is -0.931. The van der Waals surface area contributed by atoms with Crippen molar-refractivity contribution in [1.82, 2.24) is 20.2 Å². The van der Waals surface area contributed by atoms with E-state index in [4.69, 9.17) is 4.74 Å². The summed E-state index contributed by atoms with van der Waals surface area (Å²) in [4.78, 5) is 20.7. The van der Waals surface area contributed by atoms with Crippen molar-refractivity contribution in [3.05, 3.63) is 48.3 Å². The molecule has 0 bridgehead atoms. The Hall–Kier alpha value is -3.20. The molecule has 9 heteroatoms. The smallest absolute Gasteiger partial charge is 0.319 e. The van der Waals surface area contributed by atoms with Gasteiger partial charge in [-0.25, -0.2) is 18.6 Å². The Morgan fingerprint density at radius 3 is 2.70 bits per heavy atom. The number of aromatic amines is 1. The zero-order valence-corrected chi connectivity index (χ0v) is 14.8. The van der Waals surface area contributed by atoms with Crippen molar-refractivity contribution >= 4 is 22.8 Å². The summed E-state index contributed by atoms with van der Waals surface area (Å²) in [5.74, 6) is -2.15. The van der Waals surface area contributed by atoms with Gasteiger partial charge in [-0.3, -0.25) is 0 Å². The molecule has 27 heavy (non-hydrogen) atoms. The van der Waals surface area contributed by atoms with Crippen LogP contribution in [0.5, 0.6) is 11.5 Å². The van der Waals surface area contributed by atoms with Crippen LogP contribution in [-0.2, 0) is 0 Å². The number of pyridine rings is 1. The average molecular weight is 375 g/mol. The normalized spacial score (nSPS) is 11.0. The summed E-state index contributed by atoms with van der Waals surface area (Å²) < 4.78 is 34.1. The summed E-state index contributed by atoms with van der Waals surface area (Å²) in [7, 11) is 3.74. The van der Waals surface area contributed by atoms with Crippen LogP contribution < -0.4 is 15.4 Å². The number of nitrogens with one attached hydrogen (secondary N) is 3. The van der Waals surface area contributed by atoms with Crippen LogP contribution in [0.2, 0.25) is 0 Å². The van der Waals surface area contributed by atoms with E-state index in [2.05, 4.69) is 20.6 Å². The molecule has 2 heterocycles. The quantitative estimate of drug-likeness (QED) is 0.617. The molecule has 0 aliphatic rings. The monoisotopic (exact) mass is 375 g/mol. The number of hydrogen-bond acceptors (Lipinski definition) is 4. The van der Waals surface area contributed by atoms with E-state index in [1.165, 1.54) is 12.3 Å². The molecular weight excluding hydrogens is 356 g/mol. The Morgan fingerprint density at radius 2 is 2.00 bits per heavy atom. The van der Waals surface area contributed by atoms with Crippen molar-refractivity contribution in [3.8, 4) is 11.5 Å². The number of aromatic nitrogens is 2. The molecule has 3 N–H and O–H groups in total. The molecule has 2 aromatic heterocycles. The first-order valence-electron chi connectivity index (χ1n) is 8.22. The van der Waals surface area contributed by atoms with E-state index in [-0.39, 0.29) is 11.4 Å². The Bertz CT molecular complexity index is 935. The summed E-state index contributed by atoms with van der Waals surface area (Å²) >= 11 is 0. The molecule has 0 aliphatic heterocycles. The number of amides is 2.